The minimum absolute atomic E-state index is 0.853. The molecule has 9 rings (SSSR count). The summed E-state index contributed by atoms with van der Waals surface area (Å²) in [6, 6.07) is 59.4. The summed E-state index contributed by atoms with van der Waals surface area (Å²) in [4.78, 5) is 5.01. The van der Waals surface area contributed by atoms with E-state index in [9.17, 15) is 0 Å². The zero-order valence-electron chi connectivity index (χ0n) is 26.2. The molecule has 8 aromatic carbocycles. The lowest BCUT2D eigenvalue weighted by Gasteiger charge is -2.21. The summed E-state index contributed by atoms with van der Waals surface area (Å²) in [6.07, 6.45) is 0.853. The van der Waals surface area contributed by atoms with Gasteiger partial charge in [0, 0.05) is 11.8 Å². The van der Waals surface area contributed by atoms with Gasteiger partial charge in [-0.25, -0.2) is 4.98 Å². The van der Waals surface area contributed by atoms with Crippen molar-refractivity contribution >= 4 is 43.4 Å². The molecule has 0 saturated heterocycles. The molecule has 222 valence electrons. The Morgan fingerprint density at radius 2 is 0.936 bits per heavy atom. The molecule has 0 atom stereocenters. The van der Waals surface area contributed by atoms with Gasteiger partial charge in [0.05, 0.1) is 16.7 Å². The van der Waals surface area contributed by atoms with E-state index >= 15 is 0 Å². The Morgan fingerprint density at radius 3 is 1.60 bits per heavy atom. The molecule has 0 saturated carbocycles. The van der Waals surface area contributed by atoms with Crippen LogP contribution in [-0.4, -0.2) is 9.55 Å². The highest BCUT2D eigenvalue weighted by Gasteiger charge is 2.21. The summed E-state index contributed by atoms with van der Waals surface area (Å²) in [5.41, 5.74) is 10.8. The molecule has 0 aliphatic heterocycles. The molecule has 0 fully saturated rings. The number of fused-ring (bicyclic) bond motifs is 4. The van der Waals surface area contributed by atoms with E-state index in [4.69, 9.17) is 4.98 Å². The molecule has 2 heteroatoms. The van der Waals surface area contributed by atoms with Gasteiger partial charge in [-0.2, -0.15) is 0 Å². The molecule has 0 aliphatic rings. The van der Waals surface area contributed by atoms with Gasteiger partial charge in [-0.05, 0) is 78.5 Å². The average molecular weight is 601 g/mol. The molecule has 1 heterocycles. The van der Waals surface area contributed by atoms with E-state index in [0.717, 1.165) is 29.0 Å². The van der Waals surface area contributed by atoms with E-state index in [2.05, 4.69) is 175 Å². The average Bonchev–Trinajstić information content (AvgIpc) is 3.52. The van der Waals surface area contributed by atoms with E-state index in [1.807, 2.05) is 0 Å². The number of benzene rings is 8. The molecule has 47 heavy (non-hydrogen) atoms. The Kier molecular flexibility index (Phi) is 6.46. The monoisotopic (exact) mass is 600 g/mol. The smallest absolute Gasteiger partial charge is 0.114 e. The van der Waals surface area contributed by atoms with E-state index in [1.165, 1.54) is 65.7 Å². The zero-order valence-corrected chi connectivity index (χ0v) is 26.2. The highest BCUT2D eigenvalue weighted by molar-refractivity contribution is 6.24. The lowest BCUT2D eigenvalue weighted by Crippen LogP contribution is -2.01. The molecule has 0 bridgehead atoms. The molecule has 0 aliphatic carbocycles. The molecule has 2 nitrogen and oxygen atoms in total. The Bertz CT molecular complexity index is 2550. The fourth-order valence-corrected chi connectivity index (χ4v) is 7.56. The number of rotatable bonds is 5. The van der Waals surface area contributed by atoms with Crippen LogP contribution >= 0.6 is 0 Å². The second kappa shape index (κ2) is 11.1. The number of hydrogen-bond donors (Lipinski definition) is 0. The van der Waals surface area contributed by atoms with Gasteiger partial charge in [0.1, 0.15) is 5.82 Å². The van der Waals surface area contributed by atoms with Crippen molar-refractivity contribution in [1.29, 1.82) is 0 Å². The van der Waals surface area contributed by atoms with Gasteiger partial charge >= 0.3 is 0 Å². The summed E-state index contributed by atoms with van der Waals surface area (Å²) in [6.45, 7) is 2.18. The van der Waals surface area contributed by atoms with Crippen LogP contribution in [0.3, 0.4) is 0 Å². The predicted octanol–water partition coefficient (Wildman–Crippen LogP) is 12.0. The fraction of sp³-hybridized carbons (Fsp3) is 0.0444. The third-order valence-electron chi connectivity index (χ3n) is 9.57. The number of nitrogens with zero attached hydrogens (tertiary/aromatic N) is 2. The lowest BCUT2D eigenvalue weighted by molar-refractivity contribution is 0.913. The Hall–Kier alpha value is -5.99. The second-order valence-corrected chi connectivity index (χ2v) is 12.1. The number of para-hydroxylation sites is 2. The van der Waals surface area contributed by atoms with E-state index in [0.29, 0.717) is 0 Å². The predicted molar refractivity (Wildman–Crippen MR) is 199 cm³/mol. The van der Waals surface area contributed by atoms with Crippen LogP contribution in [0.4, 0.5) is 0 Å². The lowest BCUT2D eigenvalue weighted by atomic mass is 9.83. The van der Waals surface area contributed by atoms with Crippen molar-refractivity contribution in [3.63, 3.8) is 0 Å². The Balaban J connectivity index is 1.37. The van der Waals surface area contributed by atoms with Crippen molar-refractivity contribution in [3.8, 4) is 39.1 Å². The molecule has 9 aromatic rings. The first-order valence-corrected chi connectivity index (χ1v) is 16.4. The Morgan fingerprint density at radius 1 is 0.426 bits per heavy atom. The largest absolute Gasteiger partial charge is 0.296 e. The van der Waals surface area contributed by atoms with Crippen LogP contribution < -0.4 is 0 Å². The summed E-state index contributed by atoms with van der Waals surface area (Å²) in [5.74, 6) is 1.07. The Labute approximate surface area is 274 Å². The SMILES string of the molecule is CCc1nc2ccccc2n1-c1ccc(-c2c3ccccc3c(-c3ccccc3-c3ccccc3)c3ccccc23)c2ccccc12. The first-order valence-electron chi connectivity index (χ1n) is 16.4. The topological polar surface area (TPSA) is 17.8 Å². The van der Waals surface area contributed by atoms with Gasteiger partial charge in [0.15, 0.2) is 0 Å². The normalized spacial score (nSPS) is 11.6. The van der Waals surface area contributed by atoms with Gasteiger partial charge in [0.25, 0.3) is 0 Å². The molecular weight excluding hydrogens is 569 g/mol. The maximum Gasteiger partial charge on any atom is 0.114 e. The van der Waals surface area contributed by atoms with Gasteiger partial charge in [-0.3, -0.25) is 4.57 Å². The van der Waals surface area contributed by atoms with Gasteiger partial charge in [0.2, 0.25) is 0 Å². The van der Waals surface area contributed by atoms with Crippen molar-refractivity contribution in [2.75, 3.05) is 0 Å². The molecule has 0 amide bonds. The number of imidazole rings is 1. The summed E-state index contributed by atoms with van der Waals surface area (Å²) >= 11 is 0. The van der Waals surface area contributed by atoms with E-state index in [-0.39, 0.29) is 0 Å². The van der Waals surface area contributed by atoms with Crippen LogP contribution in [0, 0.1) is 0 Å². The van der Waals surface area contributed by atoms with Crippen molar-refractivity contribution < 1.29 is 0 Å². The van der Waals surface area contributed by atoms with E-state index in [1.54, 1.807) is 0 Å². The first-order chi connectivity index (χ1) is 23.3. The van der Waals surface area contributed by atoms with Crippen molar-refractivity contribution in [2.45, 2.75) is 13.3 Å². The quantitative estimate of drug-likeness (QED) is 0.180. The molecule has 0 spiro atoms. The standard InChI is InChI=1S/C45H32N2/c1-2-43-46-40-26-14-15-27-42(40)47(43)41-29-28-39(32-19-7-8-20-33(32)41)45-37-24-12-10-22-35(37)44(36-23-11-13-25-38(36)45)34-21-9-6-18-31(34)30-16-4-3-5-17-30/h3-29H,2H2,1H3. The van der Waals surface area contributed by atoms with Gasteiger partial charge < -0.3 is 0 Å². The second-order valence-electron chi connectivity index (χ2n) is 12.1. The molecule has 0 unspecified atom stereocenters. The third-order valence-corrected chi connectivity index (χ3v) is 9.57. The fourth-order valence-electron chi connectivity index (χ4n) is 7.56. The summed E-state index contributed by atoms with van der Waals surface area (Å²) in [7, 11) is 0. The number of aromatic nitrogens is 2. The molecular formula is C45H32N2. The minimum Gasteiger partial charge on any atom is -0.296 e. The zero-order chi connectivity index (χ0) is 31.3. The van der Waals surface area contributed by atoms with Gasteiger partial charge in [-0.15, -0.1) is 0 Å². The third kappa shape index (κ3) is 4.30. The molecule has 1 aromatic heterocycles. The van der Waals surface area contributed by atoms with Crippen LogP contribution in [0.25, 0.3) is 82.4 Å². The molecule has 0 radical (unpaired) electrons. The van der Waals surface area contributed by atoms with Crippen LogP contribution in [0.15, 0.2) is 164 Å². The van der Waals surface area contributed by atoms with Crippen LogP contribution in [0.2, 0.25) is 0 Å². The number of hydrogen-bond acceptors (Lipinski definition) is 1. The van der Waals surface area contributed by atoms with E-state index < -0.39 is 0 Å². The highest BCUT2D eigenvalue weighted by atomic mass is 15.1. The minimum atomic E-state index is 0.853. The van der Waals surface area contributed by atoms with Crippen LogP contribution in [0.5, 0.6) is 0 Å². The van der Waals surface area contributed by atoms with Crippen molar-refractivity contribution in [1.82, 2.24) is 9.55 Å². The van der Waals surface area contributed by atoms with Crippen LogP contribution in [-0.2, 0) is 6.42 Å². The van der Waals surface area contributed by atoms with Crippen molar-refractivity contribution in [2.24, 2.45) is 0 Å². The van der Waals surface area contributed by atoms with Gasteiger partial charge in [-0.1, -0.05) is 153 Å². The first kappa shape index (κ1) is 27.3. The summed E-state index contributed by atoms with van der Waals surface area (Å²) in [5, 5.41) is 7.47. The molecule has 0 N–H and O–H groups in total. The maximum absolute atomic E-state index is 5.01. The van der Waals surface area contributed by atoms with Crippen LogP contribution in [0.1, 0.15) is 12.7 Å². The van der Waals surface area contributed by atoms with Crippen molar-refractivity contribution in [3.05, 3.63) is 170 Å². The summed E-state index contributed by atoms with van der Waals surface area (Å²) < 4.78 is 2.35. The highest BCUT2D eigenvalue weighted by Crippen LogP contribution is 2.47. The maximum atomic E-state index is 5.01. The number of aryl methyl sites for hydroxylation is 1.